The van der Waals surface area contributed by atoms with E-state index in [4.69, 9.17) is 5.73 Å². The summed E-state index contributed by atoms with van der Waals surface area (Å²) in [7, 11) is 0. The summed E-state index contributed by atoms with van der Waals surface area (Å²) in [6, 6.07) is 20.5. The number of rotatable bonds is 8. The quantitative estimate of drug-likeness (QED) is 0.574. The third-order valence-electron chi connectivity index (χ3n) is 6.37. The molecule has 1 aliphatic carbocycles. The molecule has 0 aliphatic heterocycles. The number of thiazole rings is 1. The largest absolute Gasteiger partial charge is 0.369 e. The van der Waals surface area contributed by atoms with Crippen LogP contribution in [-0.2, 0) is 16.6 Å². The van der Waals surface area contributed by atoms with Gasteiger partial charge in [-0.3, -0.25) is 4.79 Å². The number of benzene rings is 2. The first-order valence-electron chi connectivity index (χ1n) is 10.7. The van der Waals surface area contributed by atoms with Gasteiger partial charge in [0.1, 0.15) is 5.41 Å². The van der Waals surface area contributed by atoms with Crippen LogP contribution in [0.1, 0.15) is 41.1 Å². The summed E-state index contributed by atoms with van der Waals surface area (Å²) >= 11 is 1.70. The lowest BCUT2D eigenvalue weighted by atomic mass is 9.64. The predicted molar refractivity (Wildman–Crippen MR) is 123 cm³/mol. The number of nitrogens with two attached hydrogens (primary N) is 1. The number of carbonyl (C=O) groups excluding carboxylic acids is 1. The van der Waals surface area contributed by atoms with E-state index in [1.165, 1.54) is 0 Å². The van der Waals surface area contributed by atoms with E-state index in [1.54, 1.807) is 11.3 Å². The molecule has 4 nitrogen and oxygen atoms in total. The Morgan fingerprint density at radius 1 is 1.10 bits per heavy atom. The lowest BCUT2D eigenvalue weighted by Gasteiger charge is -2.37. The lowest BCUT2D eigenvalue weighted by Crippen LogP contribution is -2.48. The molecule has 2 aromatic carbocycles. The zero-order chi connectivity index (χ0) is 21.0. The van der Waals surface area contributed by atoms with E-state index < -0.39 is 5.41 Å². The van der Waals surface area contributed by atoms with Crippen LogP contribution in [0.2, 0.25) is 0 Å². The SMILES string of the molecule is Cc1nc(CCNC2CCC(C(C(N)=O)(c3ccccc3)c3ccccc3)C2)cs1. The zero-order valence-electron chi connectivity index (χ0n) is 17.4. The Labute approximate surface area is 182 Å². The molecule has 0 bridgehead atoms. The van der Waals surface area contributed by atoms with Crippen LogP contribution in [0.25, 0.3) is 0 Å². The molecule has 156 valence electrons. The molecular weight excluding hydrogens is 390 g/mol. The van der Waals surface area contributed by atoms with Gasteiger partial charge < -0.3 is 11.1 Å². The van der Waals surface area contributed by atoms with E-state index in [2.05, 4.69) is 15.7 Å². The standard InChI is InChI=1S/C25H29N3OS/c1-18-28-23(17-30-18)14-15-27-22-13-12-21(16-22)25(24(26)29,19-8-4-2-5-9-19)20-10-6-3-7-11-20/h2-11,17,21-22,27H,12-16H2,1H3,(H2,26,29). The van der Waals surface area contributed by atoms with Crippen LogP contribution < -0.4 is 11.1 Å². The molecule has 1 heterocycles. The van der Waals surface area contributed by atoms with E-state index >= 15 is 0 Å². The van der Waals surface area contributed by atoms with Gasteiger partial charge >= 0.3 is 0 Å². The van der Waals surface area contributed by atoms with Crippen molar-refractivity contribution in [2.24, 2.45) is 11.7 Å². The average Bonchev–Trinajstić information content (AvgIpc) is 3.39. The van der Waals surface area contributed by atoms with Crippen molar-refractivity contribution < 1.29 is 4.79 Å². The van der Waals surface area contributed by atoms with Crippen molar-refractivity contribution >= 4 is 17.2 Å². The van der Waals surface area contributed by atoms with E-state index in [0.717, 1.165) is 54.1 Å². The number of aryl methyl sites for hydroxylation is 1. The van der Waals surface area contributed by atoms with Crippen LogP contribution in [0.4, 0.5) is 0 Å². The number of nitrogens with one attached hydrogen (secondary N) is 1. The van der Waals surface area contributed by atoms with Gasteiger partial charge in [-0.25, -0.2) is 4.98 Å². The first-order chi connectivity index (χ1) is 14.6. The molecule has 1 aliphatic rings. The number of primary amides is 1. The number of hydrogen-bond donors (Lipinski definition) is 2. The summed E-state index contributed by atoms with van der Waals surface area (Å²) in [5.74, 6) is -0.0951. The van der Waals surface area contributed by atoms with Gasteiger partial charge in [0, 0.05) is 24.4 Å². The molecule has 2 atom stereocenters. The van der Waals surface area contributed by atoms with Crippen molar-refractivity contribution in [1.82, 2.24) is 10.3 Å². The van der Waals surface area contributed by atoms with Gasteiger partial charge in [0.15, 0.2) is 0 Å². The second kappa shape index (κ2) is 9.11. The van der Waals surface area contributed by atoms with Crippen LogP contribution in [0.5, 0.6) is 0 Å². The molecule has 1 amide bonds. The minimum absolute atomic E-state index is 0.166. The summed E-state index contributed by atoms with van der Waals surface area (Å²) in [5.41, 5.74) is 8.51. The molecule has 30 heavy (non-hydrogen) atoms. The fourth-order valence-electron chi connectivity index (χ4n) is 5.01. The number of carbonyl (C=O) groups is 1. The molecule has 5 heteroatoms. The Kier molecular flexibility index (Phi) is 6.30. The summed E-state index contributed by atoms with van der Waals surface area (Å²) in [6.45, 7) is 2.94. The van der Waals surface area contributed by atoms with Crippen LogP contribution in [-0.4, -0.2) is 23.5 Å². The number of hydrogen-bond acceptors (Lipinski definition) is 4. The normalized spacial score (nSPS) is 19.1. The molecule has 0 radical (unpaired) electrons. The van der Waals surface area contributed by atoms with E-state index in [9.17, 15) is 4.79 Å². The summed E-state index contributed by atoms with van der Waals surface area (Å²) in [6.07, 6.45) is 3.89. The highest BCUT2D eigenvalue weighted by Crippen LogP contribution is 2.46. The van der Waals surface area contributed by atoms with Gasteiger partial charge in [-0.15, -0.1) is 11.3 Å². The minimum atomic E-state index is -0.801. The first kappa shape index (κ1) is 20.8. The Bertz CT molecular complexity index is 931. The van der Waals surface area contributed by atoms with Crippen LogP contribution in [0.15, 0.2) is 66.0 Å². The minimum Gasteiger partial charge on any atom is -0.369 e. The van der Waals surface area contributed by atoms with E-state index in [-0.39, 0.29) is 11.8 Å². The maximum atomic E-state index is 13.1. The van der Waals surface area contributed by atoms with Gasteiger partial charge in [-0.05, 0) is 43.2 Å². The van der Waals surface area contributed by atoms with Crippen LogP contribution >= 0.6 is 11.3 Å². The fourth-order valence-corrected chi connectivity index (χ4v) is 5.66. The van der Waals surface area contributed by atoms with Gasteiger partial charge in [-0.1, -0.05) is 60.7 Å². The maximum Gasteiger partial charge on any atom is 0.232 e. The molecular formula is C25H29N3OS. The number of aromatic nitrogens is 1. The summed E-state index contributed by atoms with van der Waals surface area (Å²) in [4.78, 5) is 17.7. The number of amides is 1. The monoisotopic (exact) mass is 419 g/mol. The second-order valence-electron chi connectivity index (χ2n) is 8.17. The summed E-state index contributed by atoms with van der Waals surface area (Å²) < 4.78 is 0. The van der Waals surface area contributed by atoms with Gasteiger partial charge in [-0.2, -0.15) is 0 Å². The van der Waals surface area contributed by atoms with Crippen molar-refractivity contribution in [3.05, 3.63) is 87.9 Å². The third-order valence-corrected chi connectivity index (χ3v) is 7.19. The molecule has 1 aromatic heterocycles. The third kappa shape index (κ3) is 4.05. The molecule has 1 saturated carbocycles. The topological polar surface area (TPSA) is 68.0 Å². The Balaban J connectivity index is 1.55. The fraction of sp³-hybridized carbons (Fsp3) is 0.360. The van der Waals surface area contributed by atoms with E-state index in [1.807, 2.05) is 67.6 Å². The zero-order valence-corrected chi connectivity index (χ0v) is 18.2. The molecule has 0 saturated heterocycles. The Morgan fingerprint density at radius 2 is 1.73 bits per heavy atom. The average molecular weight is 420 g/mol. The van der Waals surface area contributed by atoms with Gasteiger partial charge in [0.25, 0.3) is 0 Å². The van der Waals surface area contributed by atoms with Crippen LogP contribution in [0, 0.1) is 12.8 Å². The summed E-state index contributed by atoms with van der Waals surface area (Å²) in [5, 5.41) is 6.95. The highest BCUT2D eigenvalue weighted by molar-refractivity contribution is 7.09. The highest BCUT2D eigenvalue weighted by Gasteiger charge is 2.49. The second-order valence-corrected chi connectivity index (χ2v) is 9.24. The Hall–Kier alpha value is -2.50. The van der Waals surface area contributed by atoms with Crippen molar-refractivity contribution in [1.29, 1.82) is 0 Å². The highest BCUT2D eigenvalue weighted by atomic mass is 32.1. The van der Waals surface area contributed by atoms with E-state index in [0.29, 0.717) is 6.04 Å². The van der Waals surface area contributed by atoms with Crippen molar-refractivity contribution in [2.45, 2.75) is 44.1 Å². The first-order valence-corrected chi connectivity index (χ1v) is 11.5. The van der Waals surface area contributed by atoms with Crippen molar-refractivity contribution in [2.75, 3.05) is 6.54 Å². The molecule has 4 rings (SSSR count). The van der Waals surface area contributed by atoms with Gasteiger partial charge in [0.05, 0.1) is 10.7 Å². The van der Waals surface area contributed by atoms with Crippen LogP contribution in [0.3, 0.4) is 0 Å². The molecule has 1 fully saturated rings. The number of nitrogens with zero attached hydrogens (tertiary/aromatic N) is 1. The van der Waals surface area contributed by atoms with Crippen molar-refractivity contribution in [3.63, 3.8) is 0 Å². The Morgan fingerprint density at radius 3 is 2.27 bits per heavy atom. The molecule has 0 spiro atoms. The molecule has 3 aromatic rings. The van der Waals surface area contributed by atoms with Gasteiger partial charge in [0.2, 0.25) is 5.91 Å². The predicted octanol–water partition coefficient (Wildman–Crippen LogP) is 4.22. The molecule has 2 unspecified atom stereocenters. The lowest BCUT2D eigenvalue weighted by molar-refractivity contribution is -0.123. The van der Waals surface area contributed by atoms with Crippen molar-refractivity contribution in [3.8, 4) is 0 Å². The smallest absolute Gasteiger partial charge is 0.232 e. The maximum absolute atomic E-state index is 13.1. The molecule has 3 N–H and O–H groups in total.